The number of amides is 2. The third-order valence-corrected chi connectivity index (χ3v) is 5.62. The summed E-state index contributed by atoms with van der Waals surface area (Å²) in [5.74, 6) is -0.786. The van der Waals surface area contributed by atoms with Crippen molar-refractivity contribution in [2.45, 2.75) is 32.5 Å². The quantitative estimate of drug-likeness (QED) is 0.373. The number of nitrogens with zero attached hydrogens (tertiary/aromatic N) is 3. The zero-order valence-corrected chi connectivity index (χ0v) is 19.5. The molecular weight excluding hydrogens is 471 g/mol. The number of aryl methyl sites for hydroxylation is 2. The molecule has 4 aromatic rings. The van der Waals surface area contributed by atoms with Crippen molar-refractivity contribution in [2.75, 3.05) is 11.9 Å². The molecule has 0 spiro atoms. The molecule has 0 fully saturated rings. The van der Waals surface area contributed by atoms with Gasteiger partial charge >= 0.3 is 6.18 Å². The molecule has 186 valence electrons. The highest BCUT2D eigenvalue weighted by Gasteiger charge is 2.32. The monoisotopic (exact) mass is 495 g/mol. The molecule has 7 nitrogen and oxygen atoms in total. The predicted molar refractivity (Wildman–Crippen MR) is 129 cm³/mol. The van der Waals surface area contributed by atoms with Crippen LogP contribution in [-0.2, 0) is 30.4 Å². The number of aromatic nitrogens is 3. The Bertz CT molecular complexity index is 1380. The van der Waals surface area contributed by atoms with E-state index >= 15 is 0 Å². The smallest absolute Gasteiger partial charge is 0.352 e. The number of alkyl halides is 3. The fraction of sp³-hybridized carbons (Fsp3) is 0.231. The minimum Gasteiger partial charge on any atom is -0.352 e. The first-order valence-corrected chi connectivity index (χ1v) is 11.3. The number of benzene rings is 2. The number of anilines is 1. The normalized spacial score (nSPS) is 11.4. The first-order chi connectivity index (χ1) is 17.2. The maximum Gasteiger partial charge on any atom is 0.416 e. The van der Waals surface area contributed by atoms with Gasteiger partial charge in [-0.1, -0.05) is 24.3 Å². The summed E-state index contributed by atoms with van der Waals surface area (Å²) >= 11 is 0. The average Bonchev–Trinajstić information content (AvgIpc) is 3.26. The zero-order chi connectivity index (χ0) is 25.7. The van der Waals surface area contributed by atoms with Gasteiger partial charge in [0.2, 0.25) is 5.91 Å². The lowest BCUT2D eigenvalue weighted by Crippen LogP contribution is -2.26. The van der Waals surface area contributed by atoms with Crippen LogP contribution in [0, 0.1) is 0 Å². The van der Waals surface area contributed by atoms with Crippen LogP contribution in [0.25, 0.3) is 11.0 Å². The Kier molecular flexibility index (Phi) is 7.33. The second kappa shape index (κ2) is 10.6. The number of rotatable bonds is 8. The number of nitrogens with one attached hydrogen (secondary N) is 2. The first-order valence-electron chi connectivity index (χ1n) is 11.3. The van der Waals surface area contributed by atoms with Crippen LogP contribution in [0.4, 0.5) is 18.9 Å². The van der Waals surface area contributed by atoms with E-state index in [0.717, 1.165) is 11.8 Å². The molecule has 2 amide bonds. The molecule has 0 saturated heterocycles. The van der Waals surface area contributed by atoms with Gasteiger partial charge in [0.05, 0.1) is 28.6 Å². The Hall–Kier alpha value is -4.21. The molecular formula is C26H24F3N5O2. The van der Waals surface area contributed by atoms with Gasteiger partial charge in [-0.3, -0.25) is 14.6 Å². The molecule has 0 bridgehead atoms. The molecule has 0 radical (unpaired) electrons. The van der Waals surface area contributed by atoms with Crippen molar-refractivity contribution in [2.24, 2.45) is 0 Å². The molecule has 2 N–H and O–H groups in total. The first kappa shape index (κ1) is 24.9. The van der Waals surface area contributed by atoms with Gasteiger partial charge in [-0.05, 0) is 42.3 Å². The van der Waals surface area contributed by atoms with Gasteiger partial charge in [-0.25, -0.2) is 4.98 Å². The van der Waals surface area contributed by atoms with Crippen LogP contribution >= 0.6 is 0 Å². The third-order valence-electron chi connectivity index (χ3n) is 5.62. The van der Waals surface area contributed by atoms with Gasteiger partial charge in [-0.2, -0.15) is 13.2 Å². The Morgan fingerprint density at radius 2 is 1.78 bits per heavy atom. The SMILES string of the molecule is CC(=O)Nc1cc(C(=O)NCCc2ccccc2C(F)(F)F)cc2ncn(CCc3ccccn3)c12. The molecule has 2 aromatic heterocycles. The van der Waals surface area contributed by atoms with E-state index in [1.165, 1.54) is 25.1 Å². The van der Waals surface area contributed by atoms with Gasteiger partial charge in [0.15, 0.2) is 0 Å². The van der Waals surface area contributed by atoms with Crippen molar-refractivity contribution in [3.63, 3.8) is 0 Å². The fourth-order valence-electron chi connectivity index (χ4n) is 4.00. The van der Waals surface area contributed by atoms with Crippen LogP contribution in [0.2, 0.25) is 0 Å². The Balaban J connectivity index is 1.52. The van der Waals surface area contributed by atoms with Crippen molar-refractivity contribution in [3.8, 4) is 0 Å². The largest absolute Gasteiger partial charge is 0.416 e. The summed E-state index contributed by atoms with van der Waals surface area (Å²) < 4.78 is 41.5. The van der Waals surface area contributed by atoms with Crippen molar-refractivity contribution in [3.05, 3.63) is 89.5 Å². The van der Waals surface area contributed by atoms with Crippen LogP contribution in [0.15, 0.2) is 67.1 Å². The third kappa shape index (κ3) is 5.88. The van der Waals surface area contributed by atoms with E-state index in [1.807, 2.05) is 22.8 Å². The van der Waals surface area contributed by atoms with Gasteiger partial charge in [0.1, 0.15) is 0 Å². The van der Waals surface area contributed by atoms with Crippen LogP contribution < -0.4 is 10.6 Å². The summed E-state index contributed by atoms with van der Waals surface area (Å²) in [6, 6.07) is 14.1. The molecule has 0 saturated carbocycles. The van der Waals surface area contributed by atoms with Crippen molar-refractivity contribution in [1.29, 1.82) is 0 Å². The summed E-state index contributed by atoms with van der Waals surface area (Å²) in [6.07, 6.45) is -0.447. The van der Waals surface area contributed by atoms with E-state index < -0.39 is 17.6 Å². The van der Waals surface area contributed by atoms with E-state index in [1.54, 1.807) is 24.7 Å². The summed E-state index contributed by atoms with van der Waals surface area (Å²) in [5, 5.41) is 5.42. The second-order valence-electron chi connectivity index (χ2n) is 8.24. The van der Waals surface area contributed by atoms with Gasteiger partial charge < -0.3 is 15.2 Å². The molecule has 0 unspecified atom stereocenters. The van der Waals surface area contributed by atoms with Crippen LogP contribution in [0.1, 0.15) is 34.1 Å². The van der Waals surface area contributed by atoms with E-state index in [-0.39, 0.29) is 30.0 Å². The molecule has 36 heavy (non-hydrogen) atoms. The topological polar surface area (TPSA) is 88.9 Å². The average molecular weight is 496 g/mol. The maximum absolute atomic E-state index is 13.2. The Morgan fingerprint density at radius 1 is 1.00 bits per heavy atom. The minimum atomic E-state index is -4.46. The van der Waals surface area contributed by atoms with Crippen LogP contribution in [0.5, 0.6) is 0 Å². The molecule has 2 aromatic carbocycles. The highest BCUT2D eigenvalue weighted by molar-refractivity contribution is 6.05. The summed E-state index contributed by atoms with van der Waals surface area (Å²) in [5.41, 5.74) is 2.13. The standard InChI is InChI=1S/C26H24F3N5O2/c1-17(35)33-23-15-19(25(36)31-12-9-18-6-2-3-8-21(18)26(27,28)29)14-22-24(23)34(16-32-22)13-10-20-7-4-5-11-30-20/h2-8,11,14-16H,9-10,12-13H2,1H3,(H,31,36)(H,33,35). The van der Waals surface area contributed by atoms with Crippen molar-refractivity contribution >= 4 is 28.5 Å². The number of hydrogen-bond acceptors (Lipinski definition) is 4. The lowest BCUT2D eigenvalue weighted by Gasteiger charge is -2.14. The highest BCUT2D eigenvalue weighted by Crippen LogP contribution is 2.32. The number of carbonyl (C=O) groups excluding carboxylic acids is 2. The van der Waals surface area contributed by atoms with Crippen molar-refractivity contribution < 1.29 is 22.8 Å². The zero-order valence-electron chi connectivity index (χ0n) is 19.5. The van der Waals surface area contributed by atoms with E-state index in [2.05, 4.69) is 20.6 Å². The summed E-state index contributed by atoms with van der Waals surface area (Å²) in [7, 11) is 0. The lowest BCUT2D eigenvalue weighted by atomic mass is 10.0. The highest BCUT2D eigenvalue weighted by atomic mass is 19.4. The van der Waals surface area contributed by atoms with E-state index in [9.17, 15) is 22.8 Å². The minimum absolute atomic E-state index is 0.0119. The van der Waals surface area contributed by atoms with Crippen LogP contribution in [-0.4, -0.2) is 32.9 Å². The molecule has 0 aliphatic heterocycles. The number of hydrogen-bond donors (Lipinski definition) is 2. The summed E-state index contributed by atoms with van der Waals surface area (Å²) in [4.78, 5) is 33.4. The summed E-state index contributed by atoms with van der Waals surface area (Å²) in [6.45, 7) is 1.94. The molecule has 4 rings (SSSR count). The van der Waals surface area contributed by atoms with Gasteiger partial charge in [-0.15, -0.1) is 0 Å². The molecule has 2 heterocycles. The predicted octanol–water partition coefficient (Wildman–Crippen LogP) is 4.62. The van der Waals surface area contributed by atoms with Crippen LogP contribution in [0.3, 0.4) is 0 Å². The van der Waals surface area contributed by atoms with Gasteiger partial charge in [0, 0.05) is 43.9 Å². The number of pyridine rings is 1. The Morgan fingerprint density at radius 3 is 2.50 bits per heavy atom. The fourth-order valence-corrected chi connectivity index (χ4v) is 4.00. The molecule has 10 heteroatoms. The molecule has 0 aliphatic carbocycles. The van der Waals surface area contributed by atoms with E-state index in [0.29, 0.717) is 29.7 Å². The number of carbonyl (C=O) groups is 2. The number of halogens is 3. The molecule has 0 atom stereocenters. The Labute approximate surface area is 205 Å². The number of fused-ring (bicyclic) bond motifs is 1. The molecule has 0 aliphatic rings. The van der Waals surface area contributed by atoms with E-state index in [4.69, 9.17) is 0 Å². The maximum atomic E-state index is 13.2. The number of imidazole rings is 1. The van der Waals surface area contributed by atoms with Gasteiger partial charge in [0.25, 0.3) is 5.91 Å². The second-order valence-corrected chi connectivity index (χ2v) is 8.24. The lowest BCUT2D eigenvalue weighted by molar-refractivity contribution is -0.138. The van der Waals surface area contributed by atoms with Crippen molar-refractivity contribution in [1.82, 2.24) is 19.9 Å².